The van der Waals surface area contributed by atoms with Crippen molar-refractivity contribution in [3.63, 3.8) is 0 Å². The van der Waals surface area contributed by atoms with E-state index in [1.807, 2.05) is 17.7 Å². The number of aromatic nitrogens is 2. The first-order valence-corrected chi connectivity index (χ1v) is 9.55. The molecular formula is C17H19N3O4S. The highest BCUT2D eigenvalue weighted by molar-refractivity contribution is 7.89. The summed E-state index contributed by atoms with van der Waals surface area (Å²) in [5.74, 6) is -0.338. The minimum atomic E-state index is -3.84. The van der Waals surface area contributed by atoms with Gasteiger partial charge in [-0.05, 0) is 25.3 Å². The molecule has 1 heterocycles. The van der Waals surface area contributed by atoms with Gasteiger partial charge in [-0.15, -0.1) is 5.10 Å². The van der Waals surface area contributed by atoms with Crippen LogP contribution < -0.4 is 9.46 Å². The number of sulfonamides is 1. The van der Waals surface area contributed by atoms with E-state index in [0.29, 0.717) is 22.9 Å². The molecule has 0 unspecified atom stereocenters. The van der Waals surface area contributed by atoms with Gasteiger partial charge in [0.15, 0.2) is 5.69 Å². The second-order valence-corrected chi connectivity index (χ2v) is 7.86. The number of carbonyl (C=O) groups is 1. The van der Waals surface area contributed by atoms with Crippen LogP contribution in [0.3, 0.4) is 0 Å². The lowest BCUT2D eigenvalue weighted by Gasteiger charge is -2.09. The molecule has 0 saturated heterocycles. The zero-order chi connectivity index (χ0) is 18.0. The van der Waals surface area contributed by atoms with Crippen LogP contribution in [0.1, 0.15) is 46.1 Å². The Kier molecular flexibility index (Phi) is 4.71. The summed E-state index contributed by atoms with van der Waals surface area (Å²) in [5, 5.41) is 7.87. The van der Waals surface area contributed by atoms with E-state index in [9.17, 15) is 13.2 Å². The lowest BCUT2D eigenvalue weighted by molar-refractivity contribution is 0.0975. The number of aryl methyl sites for hydroxylation is 1. The van der Waals surface area contributed by atoms with Crippen LogP contribution in [0.5, 0.6) is 5.75 Å². The number of rotatable bonds is 6. The summed E-state index contributed by atoms with van der Waals surface area (Å²) in [6.07, 6.45) is 2.03. The fourth-order valence-corrected chi connectivity index (χ4v) is 3.63. The fourth-order valence-electron chi connectivity index (χ4n) is 2.55. The molecule has 1 aliphatic carbocycles. The third kappa shape index (κ3) is 4.33. The van der Waals surface area contributed by atoms with Gasteiger partial charge in [0.25, 0.3) is 5.91 Å². The lowest BCUT2D eigenvalue weighted by atomic mass is 10.2. The topological polar surface area (TPSA) is 98.2 Å². The first-order valence-electron chi connectivity index (χ1n) is 7.90. The summed E-state index contributed by atoms with van der Waals surface area (Å²) in [6.45, 7) is 1.87. The molecule has 3 rings (SSSR count). The van der Waals surface area contributed by atoms with Gasteiger partial charge in [0.05, 0.1) is 12.9 Å². The van der Waals surface area contributed by atoms with E-state index < -0.39 is 15.9 Å². The van der Waals surface area contributed by atoms with Crippen LogP contribution in [0, 0.1) is 6.92 Å². The predicted octanol–water partition coefficient (Wildman–Crippen LogP) is 1.93. The normalized spacial score (nSPS) is 14.2. The van der Waals surface area contributed by atoms with Gasteiger partial charge >= 0.3 is 0 Å². The smallest absolute Gasteiger partial charge is 0.285 e. The van der Waals surface area contributed by atoms with Crippen LogP contribution >= 0.6 is 0 Å². The standard InChI is InChI=1S/C17H19N3O4S/c1-11-4-3-5-12(8-11)10-25(22,23)20-17(21)14-9-15(24-2)16(19-18-14)13-6-7-13/h3-5,8-9,13H,6-7,10H2,1-2H3,(H,20,21). The second-order valence-electron chi connectivity index (χ2n) is 6.14. The first-order chi connectivity index (χ1) is 11.9. The van der Waals surface area contributed by atoms with Gasteiger partial charge in [-0.2, -0.15) is 5.10 Å². The lowest BCUT2D eigenvalue weighted by Crippen LogP contribution is -2.32. The maximum absolute atomic E-state index is 12.2. The number of ether oxygens (including phenoxy) is 1. The summed E-state index contributed by atoms with van der Waals surface area (Å²) in [5.41, 5.74) is 2.18. The summed E-state index contributed by atoms with van der Waals surface area (Å²) < 4.78 is 31.7. The molecule has 25 heavy (non-hydrogen) atoms. The second kappa shape index (κ2) is 6.79. The van der Waals surface area contributed by atoms with Crippen molar-refractivity contribution in [2.45, 2.75) is 31.4 Å². The molecule has 0 atom stereocenters. The molecular weight excluding hydrogens is 342 g/mol. The molecule has 1 aromatic carbocycles. The minimum Gasteiger partial charge on any atom is -0.495 e. The molecule has 132 valence electrons. The largest absolute Gasteiger partial charge is 0.495 e. The highest BCUT2D eigenvalue weighted by Crippen LogP contribution is 2.42. The molecule has 0 aliphatic heterocycles. The van der Waals surface area contributed by atoms with E-state index in [2.05, 4.69) is 10.2 Å². The number of hydrogen-bond acceptors (Lipinski definition) is 6. The molecule has 1 amide bonds. The van der Waals surface area contributed by atoms with Crippen LogP contribution in [0.15, 0.2) is 30.3 Å². The molecule has 1 aliphatic rings. The molecule has 8 heteroatoms. The average Bonchev–Trinajstić information content (AvgIpc) is 3.38. The van der Waals surface area contributed by atoms with Gasteiger partial charge in [0.1, 0.15) is 11.4 Å². The van der Waals surface area contributed by atoms with Crippen molar-refractivity contribution in [1.29, 1.82) is 0 Å². The van der Waals surface area contributed by atoms with Crippen LogP contribution in [0.25, 0.3) is 0 Å². The van der Waals surface area contributed by atoms with Gasteiger partial charge in [-0.3, -0.25) is 4.79 Å². The van der Waals surface area contributed by atoms with E-state index in [1.165, 1.54) is 13.2 Å². The van der Waals surface area contributed by atoms with Crippen LogP contribution in [0.2, 0.25) is 0 Å². The molecule has 1 aromatic heterocycles. The van der Waals surface area contributed by atoms with Gasteiger partial charge < -0.3 is 4.74 Å². The Morgan fingerprint density at radius 3 is 2.68 bits per heavy atom. The Morgan fingerprint density at radius 1 is 1.28 bits per heavy atom. The monoisotopic (exact) mass is 361 g/mol. The maximum Gasteiger partial charge on any atom is 0.285 e. The number of methoxy groups -OCH3 is 1. The van der Waals surface area contributed by atoms with Crippen LogP contribution in [-0.2, 0) is 15.8 Å². The Morgan fingerprint density at radius 2 is 2.04 bits per heavy atom. The molecule has 0 spiro atoms. The quantitative estimate of drug-likeness (QED) is 0.844. The van der Waals surface area contributed by atoms with Crippen molar-refractivity contribution in [3.8, 4) is 5.75 Å². The zero-order valence-electron chi connectivity index (χ0n) is 14.0. The van der Waals surface area contributed by atoms with Crippen molar-refractivity contribution in [1.82, 2.24) is 14.9 Å². The predicted molar refractivity (Wildman–Crippen MR) is 91.8 cm³/mol. The van der Waals surface area contributed by atoms with Crippen molar-refractivity contribution < 1.29 is 17.9 Å². The highest BCUT2D eigenvalue weighted by atomic mass is 32.2. The molecule has 1 saturated carbocycles. The van der Waals surface area contributed by atoms with Gasteiger partial charge in [-0.1, -0.05) is 29.8 Å². The fraction of sp³-hybridized carbons (Fsp3) is 0.353. The summed E-state index contributed by atoms with van der Waals surface area (Å²) in [6, 6.07) is 8.53. The Hall–Kier alpha value is -2.48. The Balaban J connectivity index is 1.74. The van der Waals surface area contributed by atoms with Gasteiger partial charge in [-0.25, -0.2) is 13.1 Å². The number of benzene rings is 1. The number of nitrogens with one attached hydrogen (secondary N) is 1. The number of nitrogens with zero attached hydrogens (tertiary/aromatic N) is 2. The van der Waals surface area contributed by atoms with Crippen molar-refractivity contribution in [3.05, 3.63) is 52.8 Å². The minimum absolute atomic E-state index is 0.0888. The summed E-state index contributed by atoms with van der Waals surface area (Å²) in [4.78, 5) is 12.2. The molecule has 0 bridgehead atoms. The number of amides is 1. The van der Waals surface area contributed by atoms with E-state index in [-0.39, 0.29) is 11.4 Å². The van der Waals surface area contributed by atoms with Crippen LogP contribution in [-0.4, -0.2) is 31.6 Å². The van der Waals surface area contributed by atoms with E-state index >= 15 is 0 Å². The van der Waals surface area contributed by atoms with Gasteiger partial charge in [0, 0.05) is 12.0 Å². The SMILES string of the molecule is COc1cc(C(=O)NS(=O)(=O)Cc2cccc(C)c2)nnc1C1CC1. The Bertz CT molecular complexity index is 908. The molecule has 7 nitrogen and oxygen atoms in total. The number of hydrogen-bond donors (Lipinski definition) is 1. The van der Waals surface area contributed by atoms with Crippen molar-refractivity contribution in [2.75, 3.05) is 7.11 Å². The van der Waals surface area contributed by atoms with E-state index in [1.54, 1.807) is 18.2 Å². The summed E-state index contributed by atoms with van der Waals surface area (Å²) >= 11 is 0. The zero-order valence-corrected chi connectivity index (χ0v) is 14.8. The Labute approximate surface area is 146 Å². The average molecular weight is 361 g/mol. The molecule has 0 radical (unpaired) electrons. The molecule has 1 N–H and O–H groups in total. The third-order valence-corrected chi connectivity index (χ3v) is 5.10. The first kappa shape index (κ1) is 17.3. The van der Waals surface area contributed by atoms with Gasteiger partial charge in [0.2, 0.25) is 10.0 Å². The molecule has 1 fully saturated rings. The highest BCUT2D eigenvalue weighted by Gasteiger charge is 2.30. The van der Waals surface area contributed by atoms with E-state index in [0.717, 1.165) is 18.4 Å². The van der Waals surface area contributed by atoms with Crippen molar-refractivity contribution in [2.24, 2.45) is 0 Å². The molecule has 2 aromatic rings. The van der Waals surface area contributed by atoms with Crippen molar-refractivity contribution >= 4 is 15.9 Å². The number of carbonyl (C=O) groups excluding carboxylic acids is 1. The maximum atomic E-state index is 12.2. The third-order valence-electron chi connectivity index (χ3n) is 3.89. The van der Waals surface area contributed by atoms with Crippen LogP contribution in [0.4, 0.5) is 0 Å². The van der Waals surface area contributed by atoms with E-state index in [4.69, 9.17) is 4.74 Å². The summed E-state index contributed by atoms with van der Waals surface area (Å²) in [7, 11) is -2.36.